The molecule has 2 aromatic rings. The van der Waals surface area contributed by atoms with Gasteiger partial charge in [0, 0.05) is 25.7 Å². The summed E-state index contributed by atoms with van der Waals surface area (Å²) in [6.45, 7) is 13.7. The van der Waals surface area contributed by atoms with Crippen LogP contribution in [0.3, 0.4) is 0 Å². The Morgan fingerprint density at radius 2 is 1.69 bits per heavy atom. The Hall–Kier alpha value is -1.39. The van der Waals surface area contributed by atoms with Crippen LogP contribution in [0, 0.1) is 23.2 Å². The summed E-state index contributed by atoms with van der Waals surface area (Å²) in [5.74, 6) is 3.64. The first-order chi connectivity index (χ1) is 15.3. The summed E-state index contributed by atoms with van der Waals surface area (Å²) in [4.78, 5) is 7.87. The number of benzene rings is 1. The van der Waals surface area contributed by atoms with E-state index < -0.39 is 0 Å². The van der Waals surface area contributed by atoms with Gasteiger partial charge >= 0.3 is 0 Å². The number of hydrogen-bond acceptors (Lipinski definition) is 3. The van der Waals surface area contributed by atoms with Crippen LogP contribution >= 0.6 is 0 Å². The summed E-state index contributed by atoms with van der Waals surface area (Å²) in [7, 11) is 0. The maximum Gasteiger partial charge on any atom is 0.130 e. The lowest BCUT2D eigenvalue weighted by atomic mass is 9.59. The minimum atomic E-state index is -0.240. The van der Waals surface area contributed by atoms with E-state index in [1.54, 1.807) is 0 Å². The van der Waals surface area contributed by atoms with Gasteiger partial charge in [-0.25, -0.2) is 4.98 Å². The third-order valence-electron chi connectivity index (χ3n) is 10.1. The second-order valence-electron chi connectivity index (χ2n) is 12.0. The molecule has 1 aromatic heterocycles. The monoisotopic (exact) mass is 436 g/mol. The third kappa shape index (κ3) is 3.81. The Morgan fingerprint density at radius 3 is 2.41 bits per heavy atom. The molecule has 4 nitrogen and oxygen atoms in total. The van der Waals surface area contributed by atoms with Crippen LogP contribution in [0.15, 0.2) is 24.3 Å². The molecule has 0 amide bonds. The molecule has 0 unspecified atom stereocenters. The van der Waals surface area contributed by atoms with Crippen LogP contribution in [-0.4, -0.2) is 34.1 Å². The van der Waals surface area contributed by atoms with E-state index in [4.69, 9.17) is 10.7 Å². The van der Waals surface area contributed by atoms with Gasteiger partial charge < -0.3 is 15.2 Å². The Kier molecular flexibility index (Phi) is 5.90. The molecule has 2 saturated carbocycles. The molecule has 5 rings (SSSR count). The van der Waals surface area contributed by atoms with Crippen molar-refractivity contribution in [1.82, 2.24) is 14.5 Å². The van der Waals surface area contributed by atoms with Crippen molar-refractivity contribution in [3.8, 4) is 0 Å². The number of fused-ring (bicyclic) bond motifs is 1. The largest absolute Gasteiger partial charge is 0.323 e. The maximum absolute atomic E-state index is 6.96. The minimum absolute atomic E-state index is 0.240. The first-order valence-corrected chi connectivity index (χ1v) is 13.3. The number of likely N-dealkylation sites (tertiary alicyclic amines) is 1. The van der Waals surface area contributed by atoms with Crippen molar-refractivity contribution in [3.05, 3.63) is 30.1 Å². The number of aromatic nitrogens is 2. The van der Waals surface area contributed by atoms with E-state index in [9.17, 15) is 0 Å². The van der Waals surface area contributed by atoms with Crippen LogP contribution in [0.4, 0.5) is 0 Å². The highest BCUT2D eigenvalue weighted by atomic mass is 15.2. The third-order valence-corrected chi connectivity index (χ3v) is 10.1. The summed E-state index contributed by atoms with van der Waals surface area (Å²) < 4.78 is 2.56. The van der Waals surface area contributed by atoms with E-state index in [1.807, 2.05) is 0 Å². The maximum atomic E-state index is 6.96. The lowest BCUT2D eigenvalue weighted by molar-refractivity contribution is 0.0109. The first kappa shape index (κ1) is 22.4. The Labute approximate surface area is 194 Å². The second kappa shape index (κ2) is 8.43. The Balaban J connectivity index is 1.32. The predicted molar refractivity (Wildman–Crippen MR) is 134 cm³/mol. The average molecular weight is 437 g/mol. The molecule has 2 heterocycles. The van der Waals surface area contributed by atoms with Crippen molar-refractivity contribution in [2.45, 2.75) is 90.6 Å². The number of hydrogen-bond donors (Lipinski definition) is 1. The van der Waals surface area contributed by atoms with Gasteiger partial charge in [0.1, 0.15) is 5.82 Å². The van der Waals surface area contributed by atoms with E-state index in [-0.39, 0.29) is 5.54 Å². The Bertz CT molecular complexity index is 930. The molecule has 0 radical (unpaired) electrons. The van der Waals surface area contributed by atoms with Gasteiger partial charge in [0.05, 0.1) is 16.6 Å². The van der Waals surface area contributed by atoms with Gasteiger partial charge in [-0.05, 0) is 73.8 Å². The van der Waals surface area contributed by atoms with E-state index in [1.165, 1.54) is 63.7 Å². The van der Waals surface area contributed by atoms with Crippen LogP contribution in [0.1, 0.15) is 90.9 Å². The molecule has 176 valence electrons. The van der Waals surface area contributed by atoms with Crippen molar-refractivity contribution in [1.29, 1.82) is 0 Å². The van der Waals surface area contributed by atoms with Crippen LogP contribution < -0.4 is 5.73 Å². The zero-order valence-corrected chi connectivity index (χ0v) is 20.8. The average Bonchev–Trinajstić information content (AvgIpc) is 3.40. The first-order valence-electron chi connectivity index (χ1n) is 13.3. The fourth-order valence-corrected chi connectivity index (χ4v) is 7.08. The van der Waals surface area contributed by atoms with Crippen molar-refractivity contribution in [3.63, 3.8) is 0 Å². The van der Waals surface area contributed by atoms with Crippen LogP contribution in [0.2, 0.25) is 0 Å². The fraction of sp³-hybridized carbons (Fsp3) is 0.750. The van der Waals surface area contributed by atoms with E-state index in [0.717, 1.165) is 41.9 Å². The highest BCUT2D eigenvalue weighted by molar-refractivity contribution is 5.76. The van der Waals surface area contributed by atoms with Gasteiger partial charge in [0.2, 0.25) is 0 Å². The standard InChI is InChI=1S/C28H44N4/c1-20-11-12-22(21(2)27(20,3)4)19-31-17-13-23(14-18-31)32-25-10-6-5-9-24(25)30-26(32)28(29)15-7-8-16-28/h5-6,9-10,20-23H,7-8,11-19,29H2,1-4H3/t20-,21+,22+/m1/s1. The number of piperidine rings is 1. The highest BCUT2D eigenvalue weighted by Crippen LogP contribution is 2.48. The molecule has 3 aliphatic rings. The van der Waals surface area contributed by atoms with Crippen LogP contribution in [-0.2, 0) is 5.54 Å². The van der Waals surface area contributed by atoms with Gasteiger partial charge in [-0.3, -0.25) is 0 Å². The summed E-state index contributed by atoms with van der Waals surface area (Å²) in [6, 6.07) is 9.21. The number of nitrogens with two attached hydrogens (primary N) is 1. The molecule has 3 fully saturated rings. The summed E-state index contributed by atoms with van der Waals surface area (Å²) >= 11 is 0. The van der Waals surface area contributed by atoms with Gasteiger partial charge in [-0.2, -0.15) is 0 Å². The van der Waals surface area contributed by atoms with E-state index >= 15 is 0 Å². The topological polar surface area (TPSA) is 47.1 Å². The molecule has 2 N–H and O–H groups in total. The van der Waals surface area contributed by atoms with Gasteiger partial charge in [-0.1, -0.05) is 52.7 Å². The zero-order chi connectivity index (χ0) is 22.5. The van der Waals surface area contributed by atoms with Crippen molar-refractivity contribution < 1.29 is 0 Å². The summed E-state index contributed by atoms with van der Waals surface area (Å²) in [5.41, 5.74) is 9.59. The number of nitrogens with zero attached hydrogens (tertiary/aromatic N) is 3. The molecule has 1 aliphatic heterocycles. The SMILES string of the molecule is C[C@@H]1CC[C@@H](CN2CCC(n3c(C4(N)CCCC4)nc4ccccc43)CC2)[C@H](C)C1(C)C. The lowest BCUT2D eigenvalue weighted by Crippen LogP contribution is -2.46. The quantitative estimate of drug-likeness (QED) is 0.629. The van der Waals surface area contributed by atoms with E-state index in [2.05, 4.69) is 61.4 Å². The van der Waals surface area contributed by atoms with Crippen molar-refractivity contribution in [2.75, 3.05) is 19.6 Å². The normalized spacial score (nSPS) is 31.3. The van der Waals surface area contributed by atoms with Crippen LogP contribution in [0.5, 0.6) is 0 Å². The molecule has 0 spiro atoms. The predicted octanol–water partition coefficient (Wildman–Crippen LogP) is 6.11. The molecule has 0 bridgehead atoms. The number of rotatable bonds is 4. The van der Waals surface area contributed by atoms with Gasteiger partial charge in [-0.15, -0.1) is 0 Å². The smallest absolute Gasteiger partial charge is 0.130 e. The molecule has 32 heavy (non-hydrogen) atoms. The Morgan fingerprint density at radius 1 is 1.00 bits per heavy atom. The lowest BCUT2D eigenvalue weighted by Gasteiger charge is -2.48. The highest BCUT2D eigenvalue weighted by Gasteiger charge is 2.42. The number of imidazole rings is 1. The fourth-order valence-electron chi connectivity index (χ4n) is 7.08. The molecular weight excluding hydrogens is 392 g/mol. The van der Waals surface area contributed by atoms with Gasteiger partial charge in [0.25, 0.3) is 0 Å². The number of para-hydroxylation sites is 2. The van der Waals surface area contributed by atoms with E-state index in [0.29, 0.717) is 11.5 Å². The van der Waals surface area contributed by atoms with Crippen molar-refractivity contribution in [2.24, 2.45) is 28.9 Å². The van der Waals surface area contributed by atoms with Gasteiger partial charge in [0.15, 0.2) is 0 Å². The molecule has 4 heteroatoms. The molecule has 3 atom stereocenters. The van der Waals surface area contributed by atoms with Crippen LogP contribution in [0.25, 0.3) is 11.0 Å². The second-order valence-corrected chi connectivity index (χ2v) is 12.0. The molecular formula is C28H44N4. The molecule has 1 saturated heterocycles. The summed E-state index contributed by atoms with van der Waals surface area (Å²) in [5, 5.41) is 0. The molecule has 2 aliphatic carbocycles. The van der Waals surface area contributed by atoms with Crippen molar-refractivity contribution >= 4 is 11.0 Å². The summed E-state index contributed by atoms with van der Waals surface area (Å²) in [6.07, 6.45) is 9.82. The molecule has 1 aromatic carbocycles. The zero-order valence-electron chi connectivity index (χ0n) is 20.8. The minimum Gasteiger partial charge on any atom is -0.323 e.